The Balaban J connectivity index is 2.12. The van der Waals surface area contributed by atoms with Gasteiger partial charge in [0.1, 0.15) is 12.0 Å². The molecular formula is C16H16N2O2. The van der Waals surface area contributed by atoms with Crippen LogP contribution in [0.1, 0.15) is 21.5 Å². The lowest BCUT2D eigenvalue weighted by Crippen LogP contribution is -2.03. The van der Waals surface area contributed by atoms with E-state index in [1.54, 1.807) is 25.3 Å². The molecule has 0 saturated carbocycles. The molecule has 0 fully saturated rings. The van der Waals surface area contributed by atoms with Gasteiger partial charge in [0.15, 0.2) is 0 Å². The molecule has 0 unspecified atom stereocenters. The Morgan fingerprint density at radius 1 is 1.20 bits per heavy atom. The predicted molar refractivity (Wildman–Crippen MR) is 80.0 cm³/mol. The van der Waals surface area contributed by atoms with Crippen molar-refractivity contribution >= 4 is 18.2 Å². The Hall–Kier alpha value is -2.62. The van der Waals surface area contributed by atoms with E-state index in [4.69, 9.17) is 10.1 Å². The number of methoxy groups -OCH3 is 1. The Bertz CT molecular complexity index is 606. The van der Waals surface area contributed by atoms with E-state index in [0.717, 1.165) is 28.8 Å². The van der Waals surface area contributed by atoms with Gasteiger partial charge < -0.3 is 15.5 Å². The first-order valence-electron chi connectivity index (χ1n) is 6.23. The highest BCUT2D eigenvalue weighted by Gasteiger charge is 2.02. The Morgan fingerprint density at radius 2 is 1.95 bits per heavy atom. The summed E-state index contributed by atoms with van der Waals surface area (Å²) in [6.45, 7) is 0.618. The fraction of sp³-hybridized carbons (Fsp3) is 0.125. The minimum atomic E-state index is 0.591. The number of hydrogen-bond acceptors (Lipinski definition) is 4. The van der Waals surface area contributed by atoms with Crippen molar-refractivity contribution in [3.05, 3.63) is 59.2 Å². The van der Waals surface area contributed by atoms with Gasteiger partial charge in [0.05, 0.1) is 7.11 Å². The van der Waals surface area contributed by atoms with Crippen LogP contribution in [0.25, 0.3) is 0 Å². The Labute approximate surface area is 117 Å². The number of benzene rings is 2. The van der Waals surface area contributed by atoms with Crippen molar-refractivity contribution < 1.29 is 9.53 Å². The minimum absolute atomic E-state index is 0.591. The van der Waals surface area contributed by atoms with Gasteiger partial charge in [0, 0.05) is 29.6 Å². The first-order chi connectivity index (χ1) is 9.76. The maximum Gasteiger partial charge on any atom is 0.150 e. The summed E-state index contributed by atoms with van der Waals surface area (Å²) in [5, 5.41) is 10.6. The van der Waals surface area contributed by atoms with E-state index in [0.29, 0.717) is 12.1 Å². The van der Waals surface area contributed by atoms with Crippen molar-refractivity contribution in [2.24, 2.45) is 0 Å². The summed E-state index contributed by atoms with van der Waals surface area (Å²) in [6, 6.07) is 12.9. The minimum Gasteiger partial charge on any atom is -0.497 e. The highest BCUT2D eigenvalue weighted by Crippen LogP contribution is 2.17. The second kappa shape index (κ2) is 6.52. The molecule has 2 aromatic carbocycles. The molecule has 0 aromatic heterocycles. The van der Waals surface area contributed by atoms with Crippen molar-refractivity contribution in [3.63, 3.8) is 0 Å². The maximum absolute atomic E-state index is 10.8. The van der Waals surface area contributed by atoms with Gasteiger partial charge in [-0.3, -0.25) is 4.79 Å². The lowest BCUT2D eigenvalue weighted by Gasteiger charge is -2.10. The van der Waals surface area contributed by atoms with Crippen LogP contribution in [-0.4, -0.2) is 19.6 Å². The van der Waals surface area contributed by atoms with Crippen molar-refractivity contribution in [2.45, 2.75) is 6.54 Å². The second-order valence-electron chi connectivity index (χ2n) is 4.31. The highest BCUT2D eigenvalue weighted by atomic mass is 16.5. The van der Waals surface area contributed by atoms with Gasteiger partial charge in [0.25, 0.3) is 0 Å². The van der Waals surface area contributed by atoms with Crippen LogP contribution in [0.3, 0.4) is 0 Å². The average molecular weight is 268 g/mol. The summed E-state index contributed by atoms with van der Waals surface area (Å²) in [5.74, 6) is 0.817. The number of aldehydes is 1. The van der Waals surface area contributed by atoms with Crippen molar-refractivity contribution in [2.75, 3.05) is 12.4 Å². The number of hydrogen-bond donors (Lipinski definition) is 2. The van der Waals surface area contributed by atoms with E-state index in [2.05, 4.69) is 5.32 Å². The van der Waals surface area contributed by atoms with E-state index >= 15 is 0 Å². The molecule has 4 heteroatoms. The summed E-state index contributed by atoms with van der Waals surface area (Å²) < 4.78 is 5.11. The molecule has 2 N–H and O–H groups in total. The first-order valence-corrected chi connectivity index (χ1v) is 6.23. The third kappa shape index (κ3) is 3.23. The molecule has 0 aliphatic rings. The molecule has 102 valence electrons. The highest BCUT2D eigenvalue weighted by molar-refractivity contribution is 5.89. The number of rotatable bonds is 6. The van der Waals surface area contributed by atoms with Crippen LogP contribution in [0.5, 0.6) is 5.75 Å². The van der Waals surface area contributed by atoms with E-state index in [1.807, 2.05) is 24.3 Å². The molecule has 4 nitrogen and oxygen atoms in total. The van der Waals surface area contributed by atoms with Crippen LogP contribution in [0, 0.1) is 5.41 Å². The summed E-state index contributed by atoms with van der Waals surface area (Å²) in [5.41, 5.74) is 3.22. The zero-order chi connectivity index (χ0) is 14.4. The summed E-state index contributed by atoms with van der Waals surface area (Å²) in [7, 11) is 1.63. The number of carbonyl (C=O) groups excluding carboxylic acids is 1. The lowest BCUT2D eigenvalue weighted by molar-refractivity contribution is 0.112. The summed E-state index contributed by atoms with van der Waals surface area (Å²) in [6.07, 6.45) is 2.07. The molecule has 0 aliphatic carbocycles. The van der Waals surface area contributed by atoms with Crippen molar-refractivity contribution in [3.8, 4) is 5.75 Å². The van der Waals surface area contributed by atoms with E-state index in [-0.39, 0.29) is 0 Å². The van der Waals surface area contributed by atoms with Crippen molar-refractivity contribution in [1.82, 2.24) is 0 Å². The van der Waals surface area contributed by atoms with Gasteiger partial charge in [-0.25, -0.2) is 0 Å². The lowest BCUT2D eigenvalue weighted by atomic mass is 10.1. The molecule has 0 atom stereocenters. The molecule has 0 spiro atoms. The van der Waals surface area contributed by atoms with E-state index < -0.39 is 0 Å². The fourth-order valence-corrected chi connectivity index (χ4v) is 1.87. The second-order valence-corrected chi connectivity index (χ2v) is 4.31. The first kappa shape index (κ1) is 13.8. The van der Waals surface area contributed by atoms with E-state index in [1.165, 1.54) is 6.21 Å². The monoisotopic (exact) mass is 268 g/mol. The maximum atomic E-state index is 10.8. The molecule has 0 heterocycles. The number of carbonyl (C=O) groups is 1. The summed E-state index contributed by atoms with van der Waals surface area (Å²) >= 11 is 0. The SMILES string of the molecule is COc1ccc(CNc2cc(C=O)ccc2C=N)cc1. The van der Waals surface area contributed by atoms with Crippen LogP contribution < -0.4 is 10.1 Å². The third-order valence-electron chi connectivity index (χ3n) is 3.01. The number of anilines is 1. The van der Waals surface area contributed by atoms with Crippen LogP contribution in [0.4, 0.5) is 5.69 Å². The quantitative estimate of drug-likeness (QED) is 0.625. The van der Waals surface area contributed by atoms with Crippen LogP contribution in [-0.2, 0) is 6.54 Å². The molecular weight excluding hydrogens is 252 g/mol. The van der Waals surface area contributed by atoms with Gasteiger partial charge in [0.2, 0.25) is 0 Å². The average Bonchev–Trinajstić information content (AvgIpc) is 2.53. The molecule has 20 heavy (non-hydrogen) atoms. The van der Waals surface area contributed by atoms with Crippen LogP contribution in [0.2, 0.25) is 0 Å². The van der Waals surface area contributed by atoms with Gasteiger partial charge in [-0.1, -0.05) is 24.3 Å². The zero-order valence-electron chi connectivity index (χ0n) is 11.2. The standard InChI is InChI=1S/C16H16N2O2/c1-20-15-6-3-12(4-7-15)10-18-16-8-13(11-19)2-5-14(16)9-17/h2-9,11,17-18H,10H2,1H3. The predicted octanol–water partition coefficient (Wildman–Crippen LogP) is 3.12. The zero-order valence-corrected chi connectivity index (χ0v) is 11.2. The molecule has 0 bridgehead atoms. The fourth-order valence-electron chi connectivity index (χ4n) is 1.87. The molecule has 0 saturated heterocycles. The molecule has 2 rings (SSSR count). The smallest absolute Gasteiger partial charge is 0.150 e. The topological polar surface area (TPSA) is 62.2 Å². The van der Waals surface area contributed by atoms with Gasteiger partial charge in [-0.05, 0) is 23.8 Å². The third-order valence-corrected chi connectivity index (χ3v) is 3.01. The molecule has 2 aromatic rings. The Morgan fingerprint density at radius 3 is 2.55 bits per heavy atom. The van der Waals surface area contributed by atoms with Crippen LogP contribution in [0.15, 0.2) is 42.5 Å². The van der Waals surface area contributed by atoms with Gasteiger partial charge in [-0.15, -0.1) is 0 Å². The Kier molecular flexibility index (Phi) is 4.50. The normalized spacial score (nSPS) is 9.85. The number of ether oxygens (including phenoxy) is 1. The largest absolute Gasteiger partial charge is 0.497 e. The van der Waals surface area contributed by atoms with Crippen molar-refractivity contribution in [1.29, 1.82) is 5.41 Å². The van der Waals surface area contributed by atoms with Gasteiger partial charge in [-0.2, -0.15) is 0 Å². The van der Waals surface area contributed by atoms with Crippen LogP contribution >= 0.6 is 0 Å². The van der Waals surface area contributed by atoms with Gasteiger partial charge >= 0.3 is 0 Å². The summed E-state index contributed by atoms with van der Waals surface area (Å²) in [4.78, 5) is 10.8. The van der Waals surface area contributed by atoms with E-state index in [9.17, 15) is 4.79 Å². The molecule has 0 amide bonds. The number of nitrogens with one attached hydrogen (secondary N) is 2. The molecule has 0 radical (unpaired) electrons. The molecule has 0 aliphatic heterocycles.